The standard InChI is InChI=1S/C15H22O/c1-5-12-6-8-13(9-7-12)10-14(16)11-15(2,3)4/h6-9H,5,10-11H2,1-4H3. The van der Waals surface area contributed by atoms with Crippen LogP contribution >= 0.6 is 0 Å². The maximum absolute atomic E-state index is 11.8. The smallest absolute Gasteiger partial charge is 0.137 e. The molecule has 0 bridgehead atoms. The van der Waals surface area contributed by atoms with E-state index in [1.807, 2.05) is 0 Å². The third-order valence-corrected chi connectivity index (χ3v) is 2.56. The molecule has 0 aliphatic heterocycles. The molecule has 1 rings (SSSR count). The molecule has 0 atom stereocenters. The Kier molecular flexibility index (Phi) is 4.28. The molecular formula is C15H22O. The van der Waals surface area contributed by atoms with E-state index in [1.165, 1.54) is 5.56 Å². The first kappa shape index (κ1) is 13.0. The van der Waals surface area contributed by atoms with Crippen LogP contribution in [0.25, 0.3) is 0 Å². The van der Waals surface area contributed by atoms with Crippen LogP contribution in [0.5, 0.6) is 0 Å². The van der Waals surface area contributed by atoms with Crippen molar-refractivity contribution >= 4 is 5.78 Å². The number of ketones is 1. The van der Waals surface area contributed by atoms with Gasteiger partial charge in [-0.05, 0) is 23.0 Å². The lowest BCUT2D eigenvalue weighted by atomic mass is 9.88. The van der Waals surface area contributed by atoms with Crippen molar-refractivity contribution in [2.75, 3.05) is 0 Å². The van der Waals surface area contributed by atoms with E-state index in [0.29, 0.717) is 18.6 Å². The lowest BCUT2D eigenvalue weighted by Gasteiger charge is -2.16. The molecule has 0 fully saturated rings. The largest absolute Gasteiger partial charge is 0.299 e. The van der Waals surface area contributed by atoms with Crippen molar-refractivity contribution in [2.45, 2.75) is 47.0 Å². The monoisotopic (exact) mass is 218 g/mol. The minimum atomic E-state index is 0.0977. The van der Waals surface area contributed by atoms with Crippen LogP contribution in [0.2, 0.25) is 0 Å². The van der Waals surface area contributed by atoms with Gasteiger partial charge in [-0.25, -0.2) is 0 Å². The Labute approximate surface area is 98.9 Å². The number of aryl methyl sites for hydroxylation is 1. The first-order valence-corrected chi connectivity index (χ1v) is 6.00. The predicted molar refractivity (Wildman–Crippen MR) is 68.6 cm³/mol. The highest BCUT2D eigenvalue weighted by Crippen LogP contribution is 2.20. The second-order valence-corrected chi connectivity index (χ2v) is 5.62. The third kappa shape index (κ3) is 4.61. The highest BCUT2D eigenvalue weighted by molar-refractivity contribution is 5.81. The van der Waals surface area contributed by atoms with Crippen molar-refractivity contribution < 1.29 is 4.79 Å². The van der Waals surface area contributed by atoms with Crippen LogP contribution in [-0.2, 0) is 17.6 Å². The fraction of sp³-hybridized carbons (Fsp3) is 0.533. The van der Waals surface area contributed by atoms with Crippen molar-refractivity contribution in [3.63, 3.8) is 0 Å². The highest BCUT2D eigenvalue weighted by atomic mass is 16.1. The summed E-state index contributed by atoms with van der Waals surface area (Å²) in [6.45, 7) is 8.45. The average Bonchev–Trinajstić information content (AvgIpc) is 2.16. The topological polar surface area (TPSA) is 17.1 Å². The number of Topliss-reactive ketones (excluding diaryl/α,β-unsaturated/α-hetero) is 1. The van der Waals surface area contributed by atoms with E-state index >= 15 is 0 Å². The van der Waals surface area contributed by atoms with Gasteiger partial charge in [-0.15, -0.1) is 0 Å². The molecule has 0 aliphatic carbocycles. The molecule has 0 saturated carbocycles. The Hall–Kier alpha value is -1.11. The molecule has 0 aromatic heterocycles. The third-order valence-electron chi connectivity index (χ3n) is 2.56. The molecule has 1 aromatic rings. The first-order valence-electron chi connectivity index (χ1n) is 6.00. The molecule has 0 radical (unpaired) electrons. The quantitative estimate of drug-likeness (QED) is 0.751. The zero-order chi connectivity index (χ0) is 12.2. The summed E-state index contributed by atoms with van der Waals surface area (Å²) in [4.78, 5) is 11.8. The molecule has 88 valence electrons. The van der Waals surface area contributed by atoms with E-state index in [0.717, 1.165) is 12.0 Å². The number of carbonyl (C=O) groups excluding carboxylic acids is 1. The van der Waals surface area contributed by atoms with Crippen LogP contribution in [0.15, 0.2) is 24.3 Å². The summed E-state index contributed by atoms with van der Waals surface area (Å²) >= 11 is 0. The van der Waals surface area contributed by atoms with E-state index in [9.17, 15) is 4.79 Å². The molecular weight excluding hydrogens is 196 g/mol. The van der Waals surface area contributed by atoms with Gasteiger partial charge in [0.05, 0.1) is 0 Å². The summed E-state index contributed by atoms with van der Waals surface area (Å²) in [6, 6.07) is 8.36. The second kappa shape index (κ2) is 5.29. The lowest BCUT2D eigenvalue weighted by molar-refractivity contribution is -0.120. The van der Waals surface area contributed by atoms with Crippen LogP contribution in [0, 0.1) is 5.41 Å². The fourth-order valence-electron chi connectivity index (χ4n) is 1.77. The van der Waals surface area contributed by atoms with E-state index in [1.54, 1.807) is 0 Å². The predicted octanol–water partition coefficient (Wildman–Crippen LogP) is 3.80. The van der Waals surface area contributed by atoms with Gasteiger partial charge in [0.25, 0.3) is 0 Å². The van der Waals surface area contributed by atoms with Gasteiger partial charge in [-0.2, -0.15) is 0 Å². The van der Waals surface area contributed by atoms with E-state index < -0.39 is 0 Å². The average molecular weight is 218 g/mol. The number of hydrogen-bond acceptors (Lipinski definition) is 1. The van der Waals surface area contributed by atoms with Gasteiger partial charge < -0.3 is 0 Å². The van der Waals surface area contributed by atoms with Gasteiger partial charge in [0.1, 0.15) is 5.78 Å². The van der Waals surface area contributed by atoms with Gasteiger partial charge in [0, 0.05) is 12.8 Å². The minimum Gasteiger partial charge on any atom is -0.299 e. The molecule has 0 N–H and O–H groups in total. The first-order chi connectivity index (χ1) is 7.40. The van der Waals surface area contributed by atoms with Crippen LogP contribution in [-0.4, -0.2) is 5.78 Å². The van der Waals surface area contributed by atoms with E-state index in [4.69, 9.17) is 0 Å². The summed E-state index contributed by atoms with van der Waals surface area (Å²) in [5.74, 6) is 0.330. The fourth-order valence-corrected chi connectivity index (χ4v) is 1.77. The number of rotatable bonds is 4. The number of carbonyl (C=O) groups is 1. The van der Waals surface area contributed by atoms with Crippen molar-refractivity contribution in [3.8, 4) is 0 Å². The van der Waals surface area contributed by atoms with Crippen molar-refractivity contribution in [2.24, 2.45) is 5.41 Å². The maximum Gasteiger partial charge on any atom is 0.137 e. The van der Waals surface area contributed by atoms with Crippen LogP contribution in [0.1, 0.15) is 45.2 Å². The summed E-state index contributed by atoms with van der Waals surface area (Å²) in [6.07, 6.45) is 2.28. The van der Waals surface area contributed by atoms with Crippen LogP contribution < -0.4 is 0 Å². The molecule has 0 spiro atoms. The van der Waals surface area contributed by atoms with Gasteiger partial charge in [0.2, 0.25) is 0 Å². The Bertz CT molecular complexity index is 341. The Morgan fingerprint density at radius 1 is 1.06 bits per heavy atom. The molecule has 1 aromatic carbocycles. The molecule has 16 heavy (non-hydrogen) atoms. The molecule has 1 nitrogen and oxygen atoms in total. The van der Waals surface area contributed by atoms with Crippen LogP contribution in [0.4, 0.5) is 0 Å². The summed E-state index contributed by atoms with van der Waals surface area (Å²) < 4.78 is 0. The van der Waals surface area contributed by atoms with Gasteiger partial charge in [-0.1, -0.05) is 52.0 Å². The molecule has 0 amide bonds. The maximum atomic E-state index is 11.8. The minimum absolute atomic E-state index is 0.0977. The lowest BCUT2D eigenvalue weighted by Crippen LogP contribution is -2.14. The second-order valence-electron chi connectivity index (χ2n) is 5.62. The van der Waals surface area contributed by atoms with Gasteiger partial charge in [0.15, 0.2) is 0 Å². The molecule has 0 aliphatic rings. The van der Waals surface area contributed by atoms with Crippen molar-refractivity contribution in [3.05, 3.63) is 35.4 Å². The number of hydrogen-bond donors (Lipinski definition) is 0. The summed E-state index contributed by atoms with van der Waals surface area (Å²) in [7, 11) is 0. The molecule has 0 unspecified atom stereocenters. The van der Waals surface area contributed by atoms with Gasteiger partial charge >= 0.3 is 0 Å². The zero-order valence-electron chi connectivity index (χ0n) is 10.8. The summed E-state index contributed by atoms with van der Waals surface area (Å²) in [5.41, 5.74) is 2.55. The molecule has 1 heteroatoms. The van der Waals surface area contributed by atoms with Crippen molar-refractivity contribution in [1.82, 2.24) is 0 Å². The number of benzene rings is 1. The van der Waals surface area contributed by atoms with Crippen LogP contribution in [0.3, 0.4) is 0 Å². The SMILES string of the molecule is CCc1ccc(CC(=O)CC(C)(C)C)cc1. The highest BCUT2D eigenvalue weighted by Gasteiger charge is 2.15. The van der Waals surface area contributed by atoms with E-state index in [-0.39, 0.29) is 5.41 Å². The molecule has 0 saturated heterocycles. The molecule has 0 heterocycles. The Morgan fingerprint density at radius 2 is 1.56 bits per heavy atom. The van der Waals surface area contributed by atoms with Crippen molar-refractivity contribution in [1.29, 1.82) is 0 Å². The zero-order valence-corrected chi connectivity index (χ0v) is 10.8. The Balaban J connectivity index is 2.56. The Morgan fingerprint density at radius 3 is 2.00 bits per heavy atom. The normalized spacial score (nSPS) is 11.5. The summed E-state index contributed by atoms with van der Waals surface area (Å²) in [5, 5.41) is 0. The van der Waals surface area contributed by atoms with E-state index in [2.05, 4.69) is 52.0 Å². The van der Waals surface area contributed by atoms with Gasteiger partial charge in [-0.3, -0.25) is 4.79 Å².